The molecule has 0 saturated heterocycles. The van der Waals surface area contributed by atoms with Crippen molar-refractivity contribution in [3.8, 4) is 17.1 Å². The minimum absolute atomic E-state index is 0.0881. The van der Waals surface area contributed by atoms with Gasteiger partial charge in [0.05, 0.1) is 21.1 Å². The van der Waals surface area contributed by atoms with Gasteiger partial charge in [0.2, 0.25) is 0 Å². The molecule has 8 nitrogen and oxygen atoms in total. The number of hydrogen-bond donors (Lipinski definition) is 2. The molecule has 0 aliphatic rings. The number of Topliss-reactive ketones (excluding diaryl/α,β-unsaturated/α-hetero) is 1. The van der Waals surface area contributed by atoms with E-state index in [9.17, 15) is 24.8 Å². The van der Waals surface area contributed by atoms with Crippen molar-refractivity contribution in [2.24, 2.45) is 0 Å². The van der Waals surface area contributed by atoms with Crippen molar-refractivity contribution in [1.29, 1.82) is 0 Å². The maximum atomic E-state index is 12.6. The first kappa shape index (κ1) is 23.6. The zero-order chi connectivity index (χ0) is 23.3. The standard InChI is InChI=1S/C20H15ClN2O6.C2H6/c1-10-5-13(23(27)28)3-4-17(10)22-20(26)15-7-16(21)14(8-18(15)25)19-6-12(9-29-19)11(2)24;1-2/h3-9,25H,1-2H3,(H,22,26);1-2H3. The molecule has 31 heavy (non-hydrogen) atoms. The van der Waals surface area contributed by atoms with E-state index < -0.39 is 10.8 Å². The van der Waals surface area contributed by atoms with E-state index >= 15 is 0 Å². The monoisotopic (exact) mass is 444 g/mol. The molecule has 0 fully saturated rings. The molecule has 2 aromatic carbocycles. The molecule has 0 spiro atoms. The van der Waals surface area contributed by atoms with Crippen molar-refractivity contribution in [3.63, 3.8) is 0 Å². The van der Waals surface area contributed by atoms with Gasteiger partial charge < -0.3 is 14.8 Å². The number of anilines is 1. The molecular weight excluding hydrogens is 424 g/mol. The highest BCUT2D eigenvalue weighted by Crippen LogP contribution is 2.35. The molecule has 3 aromatic rings. The fourth-order valence-corrected chi connectivity index (χ4v) is 2.94. The van der Waals surface area contributed by atoms with Crippen LogP contribution in [0.25, 0.3) is 11.3 Å². The third kappa shape index (κ3) is 5.29. The second-order valence-corrected chi connectivity index (χ2v) is 6.72. The predicted molar refractivity (Wildman–Crippen MR) is 118 cm³/mol. The number of benzene rings is 2. The second-order valence-electron chi connectivity index (χ2n) is 6.32. The Hall–Kier alpha value is -3.65. The number of hydrogen-bond acceptors (Lipinski definition) is 6. The van der Waals surface area contributed by atoms with Crippen LogP contribution >= 0.6 is 11.6 Å². The molecule has 3 rings (SSSR count). The fourth-order valence-electron chi connectivity index (χ4n) is 2.69. The SMILES string of the molecule is CC.CC(=O)c1coc(-c2cc(O)c(C(=O)Nc3ccc([N+](=O)[O-])cc3C)cc2Cl)c1. The Kier molecular flexibility index (Phi) is 7.55. The van der Waals surface area contributed by atoms with Gasteiger partial charge in [-0.05, 0) is 43.7 Å². The number of nitro benzene ring substituents is 1. The van der Waals surface area contributed by atoms with Crippen molar-refractivity contribution in [2.45, 2.75) is 27.7 Å². The molecular formula is C22H21ClN2O6. The Labute approximate surface area is 183 Å². The molecule has 0 aliphatic heterocycles. The maximum absolute atomic E-state index is 12.6. The Morgan fingerprint density at radius 3 is 2.39 bits per heavy atom. The largest absolute Gasteiger partial charge is 0.507 e. The molecule has 0 bridgehead atoms. The summed E-state index contributed by atoms with van der Waals surface area (Å²) in [5, 5.41) is 23.9. The highest BCUT2D eigenvalue weighted by Gasteiger charge is 2.19. The number of amides is 1. The number of nitro groups is 1. The summed E-state index contributed by atoms with van der Waals surface area (Å²) in [6, 6.07) is 8.03. The summed E-state index contributed by atoms with van der Waals surface area (Å²) in [5.41, 5.74) is 1.33. The molecule has 2 N–H and O–H groups in total. The van der Waals surface area contributed by atoms with Gasteiger partial charge in [-0.2, -0.15) is 0 Å². The molecule has 1 amide bonds. The van der Waals surface area contributed by atoms with Crippen LogP contribution in [0.3, 0.4) is 0 Å². The quantitative estimate of drug-likeness (QED) is 0.282. The molecule has 162 valence electrons. The number of ketones is 1. The first-order valence-electron chi connectivity index (χ1n) is 9.36. The summed E-state index contributed by atoms with van der Waals surface area (Å²) in [6.45, 7) is 7.00. The molecule has 0 unspecified atom stereocenters. The number of carbonyl (C=O) groups excluding carboxylic acids is 2. The smallest absolute Gasteiger partial charge is 0.269 e. The average molecular weight is 445 g/mol. The molecule has 9 heteroatoms. The zero-order valence-corrected chi connectivity index (χ0v) is 18.1. The lowest BCUT2D eigenvalue weighted by Crippen LogP contribution is -2.13. The van der Waals surface area contributed by atoms with Gasteiger partial charge in [0.15, 0.2) is 5.78 Å². The number of rotatable bonds is 5. The van der Waals surface area contributed by atoms with Gasteiger partial charge >= 0.3 is 0 Å². The number of halogens is 1. The molecule has 0 atom stereocenters. The van der Waals surface area contributed by atoms with Gasteiger partial charge in [-0.25, -0.2) is 0 Å². The van der Waals surface area contributed by atoms with E-state index in [0.717, 1.165) is 0 Å². The number of carbonyl (C=O) groups is 2. The van der Waals surface area contributed by atoms with Crippen LogP contribution in [-0.2, 0) is 0 Å². The Morgan fingerprint density at radius 2 is 1.84 bits per heavy atom. The number of nitrogens with zero attached hydrogens (tertiary/aromatic N) is 1. The highest BCUT2D eigenvalue weighted by molar-refractivity contribution is 6.34. The summed E-state index contributed by atoms with van der Waals surface area (Å²) in [6.07, 6.45) is 1.28. The van der Waals surface area contributed by atoms with E-state index in [1.54, 1.807) is 6.92 Å². The van der Waals surface area contributed by atoms with Crippen LogP contribution in [0.5, 0.6) is 5.75 Å². The zero-order valence-electron chi connectivity index (χ0n) is 17.4. The Morgan fingerprint density at radius 1 is 1.16 bits per heavy atom. The Balaban J connectivity index is 0.00000166. The van der Waals surface area contributed by atoms with Crippen LogP contribution in [0.15, 0.2) is 47.1 Å². The van der Waals surface area contributed by atoms with Crippen LogP contribution in [0.1, 0.15) is 47.1 Å². The van der Waals surface area contributed by atoms with Crippen LogP contribution < -0.4 is 5.32 Å². The van der Waals surface area contributed by atoms with Gasteiger partial charge in [0, 0.05) is 23.4 Å². The summed E-state index contributed by atoms with van der Waals surface area (Å²) >= 11 is 6.25. The molecule has 0 saturated carbocycles. The lowest BCUT2D eigenvalue weighted by molar-refractivity contribution is -0.384. The van der Waals surface area contributed by atoms with Crippen molar-refractivity contribution in [2.75, 3.05) is 5.32 Å². The van der Waals surface area contributed by atoms with Crippen LogP contribution in [0.2, 0.25) is 5.02 Å². The number of phenolic OH excluding ortho intramolecular Hbond substituents is 1. The summed E-state index contributed by atoms with van der Waals surface area (Å²) in [7, 11) is 0. The summed E-state index contributed by atoms with van der Waals surface area (Å²) in [5.74, 6) is -0.900. The van der Waals surface area contributed by atoms with Gasteiger partial charge in [-0.15, -0.1) is 0 Å². The first-order valence-corrected chi connectivity index (χ1v) is 9.74. The van der Waals surface area contributed by atoms with E-state index in [2.05, 4.69) is 5.32 Å². The minimum atomic E-state index is -0.642. The predicted octanol–water partition coefficient (Wildman–Crippen LogP) is 6.00. The van der Waals surface area contributed by atoms with Gasteiger partial charge in [-0.3, -0.25) is 19.7 Å². The lowest BCUT2D eigenvalue weighted by atomic mass is 10.1. The third-order valence-electron chi connectivity index (χ3n) is 4.27. The van der Waals surface area contributed by atoms with Gasteiger partial charge in [0.25, 0.3) is 11.6 Å². The second kappa shape index (κ2) is 9.90. The van der Waals surface area contributed by atoms with E-state index in [1.807, 2.05) is 13.8 Å². The van der Waals surface area contributed by atoms with E-state index in [1.165, 1.54) is 49.6 Å². The van der Waals surface area contributed by atoms with E-state index in [0.29, 0.717) is 22.4 Å². The third-order valence-corrected chi connectivity index (χ3v) is 4.58. The van der Waals surface area contributed by atoms with Gasteiger partial charge in [-0.1, -0.05) is 25.4 Å². The topological polar surface area (TPSA) is 123 Å². The molecule has 1 aromatic heterocycles. The van der Waals surface area contributed by atoms with Crippen molar-refractivity contribution in [1.82, 2.24) is 0 Å². The van der Waals surface area contributed by atoms with Crippen LogP contribution in [-0.4, -0.2) is 21.7 Å². The van der Waals surface area contributed by atoms with E-state index in [-0.39, 0.29) is 33.6 Å². The number of aromatic hydroxyl groups is 1. The normalized spacial score (nSPS) is 10.1. The highest BCUT2D eigenvalue weighted by atomic mass is 35.5. The van der Waals surface area contributed by atoms with Crippen LogP contribution in [0.4, 0.5) is 11.4 Å². The van der Waals surface area contributed by atoms with Gasteiger partial charge in [0.1, 0.15) is 17.8 Å². The number of aryl methyl sites for hydroxylation is 1. The maximum Gasteiger partial charge on any atom is 0.269 e. The average Bonchev–Trinajstić information content (AvgIpc) is 3.22. The Bertz CT molecular complexity index is 1150. The summed E-state index contributed by atoms with van der Waals surface area (Å²) < 4.78 is 5.32. The van der Waals surface area contributed by atoms with Crippen molar-refractivity contribution >= 4 is 34.7 Å². The number of phenols is 1. The first-order chi connectivity index (χ1) is 14.7. The number of nitrogens with one attached hydrogen (secondary N) is 1. The van der Waals surface area contributed by atoms with Crippen LogP contribution in [0, 0.1) is 17.0 Å². The summed E-state index contributed by atoms with van der Waals surface area (Å²) in [4.78, 5) is 34.3. The molecule has 0 radical (unpaired) electrons. The van der Waals surface area contributed by atoms with E-state index in [4.69, 9.17) is 16.0 Å². The molecule has 0 aliphatic carbocycles. The molecule has 1 heterocycles. The number of furan rings is 1. The van der Waals surface area contributed by atoms with Crippen molar-refractivity contribution in [3.05, 3.63) is 74.5 Å². The van der Waals surface area contributed by atoms with Crippen molar-refractivity contribution < 1.29 is 24.0 Å². The number of non-ortho nitro benzene ring substituents is 1. The lowest BCUT2D eigenvalue weighted by Gasteiger charge is -2.11. The fraction of sp³-hybridized carbons (Fsp3) is 0.182. The minimum Gasteiger partial charge on any atom is -0.507 e.